The zero-order chi connectivity index (χ0) is 18.6. The number of hydrogen-bond acceptors (Lipinski definition) is 7. The summed E-state index contributed by atoms with van der Waals surface area (Å²) in [6.45, 7) is 4.15. The van der Waals surface area contributed by atoms with E-state index < -0.39 is 35.4 Å². The summed E-state index contributed by atoms with van der Waals surface area (Å²) in [5.74, 6) is -0.669. The lowest BCUT2D eigenvalue weighted by atomic mass is 9.67. The molecule has 2 saturated heterocycles. The van der Waals surface area contributed by atoms with Crippen molar-refractivity contribution in [3.8, 4) is 6.07 Å². The van der Waals surface area contributed by atoms with Crippen molar-refractivity contribution in [1.82, 2.24) is 15.6 Å². The Hall–Kier alpha value is -2.99. The van der Waals surface area contributed by atoms with Crippen molar-refractivity contribution in [2.24, 2.45) is 5.41 Å². The van der Waals surface area contributed by atoms with E-state index in [4.69, 9.17) is 10.00 Å². The van der Waals surface area contributed by atoms with Crippen LogP contribution in [0.1, 0.15) is 25.0 Å². The number of ether oxygens (including phenoxy) is 1. The van der Waals surface area contributed by atoms with Crippen LogP contribution in [0.2, 0.25) is 0 Å². The number of barbiturate groups is 1. The number of pyridine rings is 1. The summed E-state index contributed by atoms with van der Waals surface area (Å²) in [4.78, 5) is 43.6. The van der Waals surface area contributed by atoms with Crippen LogP contribution in [0.25, 0.3) is 0 Å². The van der Waals surface area contributed by atoms with Gasteiger partial charge in [-0.05, 0) is 25.5 Å². The van der Waals surface area contributed by atoms with Gasteiger partial charge in [0.2, 0.25) is 11.8 Å². The summed E-state index contributed by atoms with van der Waals surface area (Å²) < 4.78 is 5.90. The summed E-state index contributed by atoms with van der Waals surface area (Å²) in [5, 5.41) is 13.6. The molecule has 2 N–H and O–H groups in total. The van der Waals surface area contributed by atoms with Crippen LogP contribution in [0.4, 0.5) is 10.6 Å². The number of nitriles is 1. The number of hydrogen-bond donors (Lipinski definition) is 2. The van der Waals surface area contributed by atoms with Gasteiger partial charge in [-0.15, -0.1) is 0 Å². The maximum Gasteiger partial charge on any atom is 0.328 e. The normalized spacial score (nSPS) is 29.3. The maximum absolute atomic E-state index is 12.9. The smallest absolute Gasteiger partial charge is 0.328 e. The molecular weight excluding hydrogens is 338 g/mol. The Morgan fingerprint density at radius 1 is 1.31 bits per heavy atom. The molecule has 2 fully saturated rings. The van der Waals surface area contributed by atoms with E-state index in [1.54, 1.807) is 13.0 Å². The molecule has 9 heteroatoms. The van der Waals surface area contributed by atoms with E-state index in [1.165, 1.54) is 6.20 Å². The van der Waals surface area contributed by atoms with Crippen molar-refractivity contribution < 1.29 is 19.1 Å². The van der Waals surface area contributed by atoms with Crippen molar-refractivity contribution in [3.05, 3.63) is 23.4 Å². The molecule has 0 saturated carbocycles. The second kappa shape index (κ2) is 5.51. The number of urea groups is 1. The molecule has 1 aromatic heterocycles. The minimum absolute atomic E-state index is 0.0407. The molecule has 4 rings (SSSR count). The molecule has 3 atom stereocenters. The Morgan fingerprint density at radius 3 is 2.65 bits per heavy atom. The molecule has 0 unspecified atom stereocenters. The SMILES string of the molecule is C[C@@H]1CN2c3ncc(C#N)cc3CC3(C(=O)NC(=O)NC3=O)[C@H]2[C@H](C)O1. The number of aromatic nitrogens is 1. The summed E-state index contributed by atoms with van der Waals surface area (Å²) in [5.41, 5.74) is -0.559. The van der Waals surface area contributed by atoms with E-state index in [1.807, 2.05) is 17.9 Å². The lowest BCUT2D eigenvalue weighted by Crippen LogP contribution is -2.75. The number of fused-ring (bicyclic) bond motifs is 4. The topological polar surface area (TPSA) is 124 Å². The Labute approximate surface area is 149 Å². The second-order valence-corrected chi connectivity index (χ2v) is 6.95. The van der Waals surface area contributed by atoms with E-state index in [0.29, 0.717) is 23.5 Å². The summed E-state index contributed by atoms with van der Waals surface area (Å²) in [6, 6.07) is 2.23. The second-order valence-electron chi connectivity index (χ2n) is 6.95. The fourth-order valence-corrected chi connectivity index (χ4v) is 4.36. The van der Waals surface area contributed by atoms with Crippen LogP contribution in [0.3, 0.4) is 0 Å². The van der Waals surface area contributed by atoms with E-state index >= 15 is 0 Å². The zero-order valence-corrected chi connectivity index (χ0v) is 14.3. The monoisotopic (exact) mass is 355 g/mol. The molecule has 0 bridgehead atoms. The maximum atomic E-state index is 12.9. The fourth-order valence-electron chi connectivity index (χ4n) is 4.36. The number of carbonyl (C=O) groups excluding carboxylic acids is 3. The van der Waals surface area contributed by atoms with Crippen molar-refractivity contribution in [1.29, 1.82) is 5.26 Å². The third-order valence-electron chi connectivity index (χ3n) is 5.26. The number of morpholine rings is 1. The first-order valence-corrected chi connectivity index (χ1v) is 8.35. The molecule has 4 amide bonds. The molecule has 0 radical (unpaired) electrons. The molecule has 3 aliphatic heterocycles. The van der Waals surface area contributed by atoms with Crippen LogP contribution in [-0.2, 0) is 20.7 Å². The first kappa shape index (κ1) is 16.5. The van der Waals surface area contributed by atoms with E-state index in [0.717, 1.165) is 0 Å². The number of rotatable bonds is 0. The molecule has 0 aromatic carbocycles. The molecule has 134 valence electrons. The van der Waals surface area contributed by atoms with Gasteiger partial charge in [0, 0.05) is 19.2 Å². The van der Waals surface area contributed by atoms with Gasteiger partial charge in [-0.2, -0.15) is 5.26 Å². The van der Waals surface area contributed by atoms with Gasteiger partial charge >= 0.3 is 6.03 Å². The first-order valence-electron chi connectivity index (χ1n) is 8.35. The van der Waals surface area contributed by atoms with Crippen molar-refractivity contribution in [2.45, 2.75) is 38.5 Å². The van der Waals surface area contributed by atoms with Crippen LogP contribution in [0.5, 0.6) is 0 Å². The molecular formula is C17H17N5O4. The lowest BCUT2D eigenvalue weighted by molar-refractivity contribution is -0.153. The molecule has 0 aliphatic carbocycles. The minimum atomic E-state index is -1.53. The Kier molecular flexibility index (Phi) is 3.49. The predicted molar refractivity (Wildman–Crippen MR) is 87.9 cm³/mol. The number of imide groups is 2. The van der Waals surface area contributed by atoms with Crippen molar-refractivity contribution >= 4 is 23.7 Å². The molecule has 4 heterocycles. The average Bonchev–Trinajstić information content (AvgIpc) is 2.58. The van der Waals surface area contributed by atoms with Crippen LogP contribution in [0.15, 0.2) is 12.3 Å². The van der Waals surface area contributed by atoms with Gasteiger partial charge in [0.05, 0.1) is 23.8 Å². The van der Waals surface area contributed by atoms with Gasteiger partial charge in [-0.3, -0.25) is 20.2 Å². The third kappa shape index (κ3) is 2.12. The highest BCUT2D eigenvalue weighted by molar-refractivity contribution is 6.20. The van der Waals surface area contributed by atoms with Gasteiger partial charge in [0.1, 0.15) is 11.9 Å². The van der Waals surface area contributed by atoms with Gasteiger partial charge in [-0.1, -0.05) is 0 Å². The Morgan fingerprint density at radius 2 is 2.00 bits per heavy atom. The van der Waals surface area contributed by atoms with Gasteiger partial charge in [-0.25, -0.2) is 9.78 Å². The first-order chi connectivity index (χ1) is 12.4. The molecule has 9 nitrogen and oxygen atoms in total. The van der Waals surface area contributed by atoms with Crippen molar-refractivity contribution in [2.75, 3.05) is 11.4 Å². The average molecular weight is 355 g/mol. The number of amides is 4. The third-order valence-corrected chi connectivity index (χ3v) is 5.26. The van der Waals surface area contributed by atoms with E-state index in [2.05, 4.69) is 15.6 Å². The van der Waals surface area contributed by atoms with Crippen LogP contribution in [-0.4, -0.2) is 47.6 Å². The van der Waals surface area contributed by atoms with E-state index in [-0.39, 0.29) is 12.5 Å². The summed E-state index contributed by atoms with van der Waals surface area (Å²) >= 11 is 0. The highest BCUT2D eigenvalue weighted by Gasteiger charge is 2.63. The standard InChI is InChI=1S/C17H17N5O4/c1-8-7-22-12(9(2)26-8)17(14(23)20-16(25)21-15(17)24)4-11-3-10(5-18)6-19-13(11)22/h3,6,8-9,12H,4,7H2,1-2H3,(H2,20,21,23,24,25)/t8-,9+,12-/m1/s1. The fraction of sp³-hybridized carbons (Fsp3) is 0.471. The van der Waals surface area contributed by atoms with Gasteiger partial charge in [0.15, 0.2) is 5.41 Å². The number of nitrogens with one attached hydrogen (secondary N) is 2. The van der Waals surface area contributed by atoms with Crippen LogP contribution in [0, 0.1) is 16.7 Å². The molecule has 3 aliphatic rings. The van der Waals surface area contributed by atoms with Gasteiger partial charge in [0.25, 0.3) is 0 Å². The lowest BCUT2D eigenvalue weighted by Gasteiger charge is -2.54. The highest BCUT2D eigenvalue weighted by atomic mass is 16.5. The van der Waals surface area contributed by atoms with E-state index in [9.17, 15) is 14.4 Å². The van der Waals surface area contributed by atoms with Gasteiger partial charge < -0.3 is 9.64 Å². The molecule has 26 heavy (non-hydrogen) atoms. The predicted octanol–water partition coefficient (Wildman–Crippen LogP) is -0.156. The highest BCUT2D eigenvalue weighted by Crippen LogP contribution is 2.45. The number of carbonyl (C=O) groups is 3. The van der Waals surface area contributed by atoms with Crippen LogP contribution < -0.4 is 15.5 Å². The van der Waals surface area contributed by atoms with Crippen LogP contribution >= 0.6 is 0 Å². The Bertz CT molecular complexity index is 856. The summed E-state index contributed by atoms with van der Waals surface area (Å²) in [6.07, 6.45) is 0.953. The quantitative estimate of drug-likeness (QED) is 0.620. The number of nitrogens with zero attached hydrogens (tertiary/aromatic N) is 3. The zero-order valence-electron chi connectivity index (χ0n) is 14.3. The van der Waals surface area contributed by atoms with Crippen molar-refractivity contribution in [3.63, 3.8) is 0 Å². The summed E-state index contributed by atoms with van der Waals surface area (Å²) in [7, 11) is 0. The molecule has 1 spiro atoms. The Balaban J connectivity index is 1.92. The largest absolute Gasteiger partial charge is 0.372 e. The number of anilines is 1. The molecule has 1 aromatic rings. The minimum Gasteiger partial charge on any atom is -0.372 e.